The van der Waals surface area contributed by atoms with Crippen molar-refractivity contribution < 1.29 is 9.18 Å². The Bertz CT molecular complexity index is 527. The Morgan fingerprint density at radius 2 is 2.10 bits per heavy atom. The molecule has 116 valence electrons. The Balaban J connectivity index is 2.16. The van der Waals surface area contributed by atoms with Crippen molar-refractivity contribution in [1.29, 1.82) is 0 Å². The van der Waals surface area contributed by atoms with Gasteiger partial charge in [-0.05, 0) is 26.8 Å². The molecule has 0 atom stereocenters. The van der Waals surface area contributed by atoms with Crippen LogP contribution in [-0.2, 0) is 11.3 Å². The minimum Gasteiger partial charge on any atom is -0.343 e. The van der Waals surface area contributed by atoms with Crippen LogP contribution in [0.3, 0.4) is 0 Å². The molecular weight excluding hydrogens is 271 g/mol. The monoisotopic (exact) mass is 294 g/mol. The molecule has 1 N–H and O–H groups in total. The Morgan fingerprint density at radius 3 is 2.71 bits per heavy atom. The number of carbonyl (C=O) groups excluding carboxylic acids is 1. The smallest absolute Gasteiger partial charge is 0.241 e. The van der Waals surface area contributed by atoms with Crippen LogP contribution in [0.1, 0.15) is 26.3 Å². The summed E-state index contributed by atoms with van der Waals surface area (Å²) in [6.07, 6.45) is 1.60. The molecule has 21 heavy (non-hydrogen) atoms. The highest BCUT2D eigenvalue weighted by Crippen LogP contribution is 2.21. The van der Waals surface area contributed by atoms with Crippen LogP contribution in [-0.4, -0.2) is 48.0 Å². The summed E-state index contributed by atoms with van der Waals surface area (Å²) in [5.41, 5.74) is 0.487. The molecule has 1 fully saturated rings. The predicted octanol–water partition coefficient (Wildman–Crippen LogP) is 1.39. The van der Waals surface area contributed by atoms with E-state index < -0.39 is 0 Å². The van der Waals surface area contributed by atoms with E-state index in [9.17, 15) is 9.18 Å². The third-order valence-corrected chi connectivity index (χ3v) is 3.52. The van der Waals surface area contributed by atoms with E-state index in [1.165, 1.54) is 0 Å². The lowest BCUT2D eigenvalue weighted by atomic mass is 10.1. The number of nitrogens with one attached hydrogen (secondary N) is 1. The summed E-state index contributed by atoms with van der Waals surface area (Å²) in [7, 11) is 1.76. The average Bonchev–Trinajstić information content (AvgIpc) is 2.40. The van der Waals surface area contributed by atoms with E-state index in [2.05, 4.69) is 10.3 Å². The molecule has 0 saturated carbocycles. The van der Waals surface area contributed by atoms with Crippen molar-refractivity contribution >= 4 is 11.7 Å². The molecule has 1 aromatic rings. The number of hydrogen-bond acceptors (Lipinski definition) is 4. The van der Waals surface area contributed by atoms with Gasteiger partial charge >= 0.3 is 0 Å². The summed E-state index contributed by atoms with van der Waals surface area (Å²) in [6.45, 7) is 7.90. The molecule has 0 radical (unpaired) electrons. The quantitative estimate of drug-likeness (QED) is 0.915. The van der Waals surface area contributed by atoms with E-state index in [0.29, 0.717) is 25.2 Å². The van der Waals surface area contributed by atoms with Crippen LogP contribution in [0.4, 0.5) is 10.2 Å². The maximum atomic E-state index is 14.6. The fraction of sp³-hybridized carbons (Fsp3) is 0.600. The van der Waals surface area contributed by atoms with Gasteiger partial charge in [0, 0.05) is 44.0 Å². The number of rotatable bonds is 3. The van der Waals surface area contributed by atoms with Gasteiger partial charge in [-0.1, -0.05) is 0 Å². The summed E-state index contributed by atoms with van der Waals surface area (Å²) in [5.74, 6) is -0.0862. The van der Waals surface area contributed by atoms with Crippen molar-refractivity contribution in [2.75, 3.05) is 31.6 Å². The van der Waals surface area contributed by atoms with Gasteiger partial charge in [0.05, 0.1) is 6.54 Å². The summed E-state index contributed by atoms with van der Waals surface area (Å²) < 4.78 is 14.6. The van der Waals surface area contributed by atoms with Gasteiger partial charge < -0.3 is 15.1 Å². The fourth-order valence-electron chi connectivity index (χ4n) is 2.13. The van der Waals surface area contributed by atoms with Crippen LogP contribution in [0.2, 0.25) is 0 Å². The normalized spacial score (nSPS) is 16.5. The number of aromatic nitrogens is 1. The largest absolute Gasteiger partial charge is 0.343 e. The van der Waals surface area contributed by atoms with E-state index in [-0.39, 0.29) is 29.6 Å². The average molecular weight is 294 g/mol. The van der Waals surface area contributed by atoms with Crippen LogP contribution in [0.25, 0.3) is 0 Å². The minimum absolute atomic E-state index is 0.0133. The third-order valence-electron chi connectivity index (χ3n) is 3.52. The van der Waals surface area contributed by atoms with Crippen molar-refractivity contribution in [2.45, 2.75) is 32.9 Å². The topological polar surface area (TPSA) is 48.5 Å². The number of nitrogens with zero attached hydrogens (tertiary/aromatic N) is 3. The molecule has 1 aliphatic heterocycles. The highest BCUT2D eigenvalue weighted by Gasteiger charge is 2.25. The summed E-state index contributed by atoms with van der Waals surface area (Å²) in [4.78, 5) is 19.2. The summed E-state index contributed by atoms with van der Waals surface area (Å²) in [5, 5.41) is 3.26. The molecule has 1 aromatic heterocycles. The molecule has 0 unspecified atom stereocenters. The second kappa shape index (κ2) is 5.97. The second-order valence-corrected chi connectivity index (χ2v) is 6.45. The Hall–Kier alpha value is -1.69. The van der Waals surface area contributed by atoms with E-state index in [0.717, 1.165) is 0 Å². The third kappa shape index (κ3) is 3.91. The van der Waals surface area contributed by atoms with Gasteiger partial charge in [-0.2, -0.15) is 0 Å². The van der Waals surface area contributed by atoms with E-state index >= 15 is 0 Å². The fourth-order valence-corrected chi connectivity index (χ4v) is 2.13. The number of carbonyl (C=O) groups is 1. The van der Waals surface area contributed by atoms with Crippen molar-refractivity contribution in [3.63, 3.8) is 0 Å². The van der Waals surface area contributed by atoms with Gasteiger partial charge in [0.25, 0.3) is 0 Å². The van der Waals surface area contributed by atoms with Crippen molar-refractivity contribution in [3.05, 3.63) is 23.6 Å². The molecule has 2 rings (SSSR count). The number of hydrogen-bond donors (Lipinski definition) is 1. The Kier molecular flexibility index (Phi) is 4.46. The summed E-state index contributed by atoms with van der Waals surface area (Å²) >= 11 is 0. The lowest BCUT2D eigenvalue weighted by Gasteiger charge is -2.33. The standard InChI is InChI=1S/C15H23FN4O/c1-15(2,3)18-9-11-5-6-17-14(13(11)16)20-8-7-19(4)12(21)10-20/h5-6,18H,7-10H2,1-4H3. The molecule has 2 heterocycles. The van der Waals surface area contributed by atoms with Gasteiger partial charge in [-0.15, -0.1) is 0 Å². The minimum atomic E-state index is -0.341. The molecule has 1 saturated heterocycles. The van der Waals surface area contributed by atoms with E-state index in [4.69, 9.17) is 0 Å². The second-order valence-electron chi connectivity index (χ2n) is 6.45. The summed E-state index contributed by atoms with van der Waals surface area (Å²) in [6, 6.07) is 1.68. The van der Waals surface area contributed by atoms with Gasteiger partial charge in [-0.3, -0.25) is 4.79 Å². The van der Waals surface area contributed by atoms with Gasteiger partial charge in [0.1, 0.15) is 0 Å². The van der Waals surface area contributed by atoms with E-state index in [1.54, 1.807) is 29.1 Å². The number of halogens is 1. The number of anilines is 1. The molecular formula is C15H23FN4O. The molecule has 1 aliphatic rings. The zero-order chi connectivity index (χ0) is 15.6. The number of amides is 1. The van der Waals surface area contributed by atoms with Crippen LogP contribution < -0.4 is 10.2 Å². The molecule has 1 amide bonds. The predicted molar refractivity (Wildman–Crippen MR) is 80.6 cm³/mol. The molecule has 0 bridgehead atoms. The number of pyridine rings is 1. The first kappa shape index (κ1) is 15.7. The van der Waals surface area contributed by atoms with Gasteiger partial charge in [0.2, 0.25) is 5.91 Å². The zero-order valence-corrected chi connectivity index (χ0v) is 13.1. The first-order chi connectivity index (χ1) is 9.78. The Labute approximate surface area is 125 Å². The SMILES string of the molecule is CN1CCN(c2nccc(CNC(C)(C)C)c2F)CC1=O. The maximum Gasteiger partial charge on any atom is 0.241 e. The Morgan fingerprint density at radius 1 is 1.38 bits per heavy atom. The lowest BCUT2D eigenvalue weighted by molar-refractivity contribution is -0.129. The highest BCUT2D eigenvalue weighted by molar-refractivity contribution is 5.82. The first-order valence-corrected chi connectivity index (χ1v) is 7.15. The highest BCUT2D eigenvalue weighted by atomic mass is 19.1. The molecule has 0 spiro atoms. The van der Waals surface area contributed by atoms with Crippen LogP contribution in [0.5, 0.6) is 0 Å². The number of piperazine rings is 1. The first-order valence-electron chi connectivity index (χ1n) is 7.15. The van der Waals surface area contributed by atoms with Crippen molar-refractivity contribution in [3.8, 4) is 0 Å². The maximum absolute atomic E-state index is 14.6. The zero-order valence-electron chi connectivity index (χ0n) is 13.1. The molecule has 6 heteroatoms. The van der Waals surface area contributed by atoms with Crippen LogP contribution in [0, 0.1) is 5.82 Å². The van der Waals surface area contributed by atoms with E-state index in [1.807, 2.05) is 20.8 Å². The van der Waals surface area contributed by atoms with Gasteiger partial charge in [-0.25, -0.2) is 9.37 Å². The molecule has 0 aromatic carbocycles. The van der Waals surface area contributed by atoms with Gasteiger partial charge in [0.15, 0.2) is 11.6 Å². The van der Waals surface area contributed by atoms with Crippen LogP contribution in [0.15, 0.2) is 12.3 Å². The number of likely N-dealkylation sites (N-methyl/N-ethyl adjacent to an activating group) is 1. The van der Waals surface area contributed by atoms with Crippen molar-refractivity contribution in [2.24, 2.45) is 0 Å². The lowest BCUT2D eigenvalue weighted by Crippen LogP contribution is -2.49. The molecule has 0 aliphatic carbocycles. The van der Waals surface area contributed by atoms with Crippen LogP contribution >= 0.6 is 0 Å². The van der Waals surface area contributed by atoms with Crippen molar-refractivity contribution in [1.82, 2.24) is 15.2 Å². The molecule has 5 nitrogen and oxygen atoms in total.